The number of halogens is 1. The summed E-state index contributed by atoms with van der Waals surface area (Å²) in [7, 11) is 0. The molecule has 1 amide bonds. The highest BCUT2D eigenvalue weighted by molar-refractivity contribution is 6.30. The third-order valence-electron chi connectivity index (χ3n) is 4.86. The van der Waals surface area contributed by atoms with Crippen LogP contribution in [0.5, 0.6) is 0 Å². The summed E-state index contributed by atoms with van der Waals surface area (Å²) < 4.78 is 1.86. The molecule has 1 aliphatic carbocycles. The van der Waals surface area contributed by atoms with E-state index in [1.807, 2.05) is 31.5 Å². The van der Waals surface area contributed by atoms with Gasteiger partial charge in [0.1, 0.15) is 5.15 Å². The molecule has 1 saturated carbocycles. The van der Waals surface area contributed by atoms with E-state index in [9.17, 15) is 9.59 Å². The number of fused-ring (bicyclic) bond motifs is 1. The molecular formula is C19H20ClN5O2. The van der Waals surface area contributed by atoms with Crippen LogP contribution in [0.2, 0.25) is 5.15 Å². The SMILES string of the molecule is Cc1cc(C)c(CNC(=O)c2cc(Cl)nc3c2c(C)nn3C2CC2)c(=O)[nH]1. The molecule has 1 aliphatic rings. The second-order valence-corrected chi connectivity index (χ2v) is 7.47. The van der Waals surface area contributed by atoms with Crippen LogP contribution in [0.3, 0.4) is 0 Å². The average Bonchev–Trinajstić information content (AvgIpc) is 3.37. The molecule has 2 N–H and O–H groups in total. The van der Waals surface area contributed by atoms with Gasteiger partial charge < -0.3 is 10.3 Å². The van der Waals surface area contributed by atoms with Gasteiger partial charge in [-0.2, -0.15) is 5.10 Å². The Hall–Kier alpha value is -2.67. The third kappa shape index (κ3) is 3.23. The number of rotatable bonds is 4. The number of carbonyl (C=O) groups is 1. The van der Waals surface area contributed by atoms with Crippen molar-refractivity contribution < 1.29 is 4.79 Å². The zero-order valence-corrected chi connectivity index (χ0v) is 16.1. The van der Waals surface area contributed by atoms with Crippen LogP contribution in [0.4, 0.5) is 0 Å². The van der Waals surface area contributed by atoms with Crippen LogP contribution in [0.15, 0.2) is 16.9 Å². The Morgan fingerprint density at radius 1 is 1.33 bits per heavy atom. The maximum Gasteiger partial charge on any atom is 0.253 e. The molecule has 0 aromatic carbocycles. The highest BCUT2D eigenvalue weighted by atomic mass is 35.5. The molecule has 1 fully saturated rings. The van der Waals surface area contributed by atoms with Crippen LogP contribution in [-0.2, 0) is 6.54 Å². The van der Waals surface area contributed by atoms with E-state index in [1.54, 1.807) is 6.07 Å². The molecule has 4 rings (SSSR count). The Labute approximate surface area is 160 Å². The van der Waals surface area contributed by atoms with Gasteiger partial charge in [0.2, 0.25) is 0 Å². The van der Waals surface area contributed by atoms with E-state index in [-0.39, 0.29) is 23.2 Å². The van der Waals surface area contributed by atoms with Gasteiger partial charge in [0.05, 0.1) is 22.7 Å². The van der Waals surface area contributed by atoms with E-state index >= 15 is 0 Å². The molecule has 3 heterocycles. The van der Waals surface area contributed by atoms with E-state index in [1.165, 1.54) is 0 Å². The molecule has 8 heteroatoms. The summed E-state index contributed by atoms with van der Waals surface area (Å²) in [4.78, 5) is 32.2. The molecule has 3 aromatic heterocycles. The highest BCUT2D eigenvalue weighted by Crippen LogP contribution is 2.38. The topological polar surface area (TPSA) is 92.7 Å². The number of aromatic nitrogens is 4. The predicted octanol–water partition coefficient (Wildman–Crippen LogP) is 2.96. The number of H-pyrrole nitrogens is 1. The standard InChI is InChI=1S/C19H20ClN5O2/c1-9-6-10(2)22-19(27)14(9)8-21-18(26)13-7-15(20)23-17-16(13)11(3)24-25(17)12-4-5-12/h6-7,12H,4-5,8H2,1-3H3,(H,21,26)(H,22,27). The molecule has 0 saturated heterocycles. The van der Waals surface area contributed by atoms with E-state index in [0.717, 1.165) is 29.8 Å². The quantitative estimate of drug-likeness (QED) is 0.675. The fourth-order valence-corrected chi connectivity index (χ4v) is 3.59. The largest absolute Gasteiger partial charge is 0.348 e. The highest BCUT2D eigenvalue weighted by Gasteiger charge is 2.29. The van der Waals surface area contributed by atoms with Gasteiger partial charge in [0.25, 0.3) is 11.5 Å². The minimum atomic E-state index is -0.304. The van der Waals surface area contributed by atoms with Gasteiger partial charge in [-0.15, -0.1) is 0 Å². The molecule has 0 bridgehead atoms. The van der Waals surface area contributed by atoms with Crippen molar-refractivity contribution in [2.75, 3.05) is 0 Å². The Bertz CT molecular complexity index is 1130. The molecule has 0 spiro atoms. The van der Waals surface area contributed by atoms with Crippen molar-refractivity contribution in [2.24, 2.45) is 0 Å². The molecule has 140 valence electrons. The molecule has 3 aromatic rings. The lowest BCUT2D eigenvalue weighted by Gasteiger charge is -2.09. The number of nitrogens with zero attached hydrogens (tertiary/aromatic N) is 3. The number of nitrogens with one attached hydrogen (secondary N) is 2. The fourth-order valence-electron chi connectivity index (χ4n) is 3.40. The van der Waals surface area contributed by atoms with E-state index in [0.29, 0.717) is 28.2 Å². The second kappa shape index (κ2) is 6.49. The molecule has 7 nitrogen and oxygen atoms in total. The number of carbonyl (C=O) groups excluding carboxylic acids is 1. The summed E-state index contributed by atoms with van der Waals surface area (Å²) in [5.74, 6) is -0.304. The van der Waals surface area contributed by atoms with Gasteiger partial charge in [-0.1, -0.05) is 11.6 Å². The molecule has 0 radical (unpaired) electrons. The normalized spacial score (nSPS) is 13.9. The van der Waals surface area contributed by atoms with Gasteiger partial charge in [-0.3, -0.25) is 9.59 Å². The third-order valence-corrected chi connectivity index (χ3v) is 5.06. The molecule has 0 atom stereocenters. The van der Waals surface area contributed by atoms with Crippen LogP contribution in [0.25, 0.3) is 11.0 Å². The summed E-state index contributed by atoms with van der Waals surface area (Å²) in [6.45, 7) is 5.68. The number of aryl methyl sites for hydroxylation is 3. The second-order valence-electron chi connectivity index (χ2n) is 7.08. The lowest BCUT2D eigenvalue weighted by molar-refractivity contribution is 0.0952. The monoisotopic (exact) mass is 385 g/mol. The molecule has 27 heavy (non-hydrogen) atoms. The summed E-state index contributed by atoms with van der Waals surface area (Å²) in [6.07, 6.45) is 2.11. The molecule has 0 unspecified atom stereocenters. The zero-order chi connectivity index (χ0) is 19.3. The zero-order valence-electron chi connectivity index (χ0n) is 15.4. The number of hydrogen-bond donors (Lipinski definition) is 2. The first-order valence-corrected chi connectivity index (χ1v) is 9.26. The Morgan fingerprint density at radius 3 is 2.74 bits per heavy atom. The number of pyridine rings is 2. The van der Waals surface area contributed by atoms with Crippen LogP contribution < -0.4 is 10.9 Å². The summed E-state index contributed by atoms with van der Waals surface area (Å²) >= 11 is 6.17. The Morgan fingerprint density at radius 2 is 2.07 bits per heavy atom. The first-order chi connectivity index (χ1) is 12.8. The van der Waals surface area contributed by atoms with Gasteiger partial charge in [-0.05, 0) is 51.3 Å². The first-order valence-electron chi connectivity index (χ1n) is 8.88. The van der Waals surface area contributed by atoms with Gasteiger partial charge in [-0.25, -0.2) is 9.67 Å². The van der Waals surface area contributed by atoms with Gasteiger partial charge >= 0.3 is 0 Å². The van der Waals surface area contributed by atoms with Crippen LogP contribution >= 0.6 is 11.6 Å². The average molecular weight is 386 g/mol. The van der Waals surface area contributed by atoms with E-state index in [4.69, 9.17) is 11.6 Å². The van der Waals surface area contributed by atoms with E-state index < -0.39 is 0 Å². The van der Waals surface area contributed by atoms with Crippen molar-refractivity contribution in [3.05, 3.63) is 55.7 Å². The minimum Gasteiger partial charge on any atom is -0.348 e. The Kier molecular flexibility index (Phi) is 4.26. The van der Waals surface area contributed by atoms with Crippen molar-refractivity contribution >= 4 is 28.5 Å². The van der Waals surface area contributed by atoms with Crippen LogP contribution in [0, 0.1) is 20.8 Å². The number of hydrogen-bond acceptors (Lipinski definition) is 4. The smallest absolute Gasteiger partial charge is 0.253 e. The maximum atomic E-state index is 12.9. The summed E-state index contributed by atoms with van der Waals surface area (Å²) in [5.41, 5.74) is 3.79. The summed E-state index contributed by atoms with van der Waals surface area (Å²) in [5, 5.41) is 8.34. The predicted molar refractivity (Wildman–Crippen MR) is 103 cm³/mol. The number of aromatic amines is 1. The fraction of sp³-hybridized carbons (Fsp3) is 0.368. The minimum absolute atomic E-state index is 0.136. The lowest BCUT2D eigenvalue weighted by atomic mass is 10.1. The van der Waals surface area contributed by atoms with Gasteiger partial charge in [0, 0.05) is 17.8 Å². The molecule has 0 aliphatic heterocycles. The van der Waals surface area contributed by atoms with Crippen LogP contribution in [-0.4, -0.2) is 25.7 Å². The van der Waals surface area contributed by atoms with Crippen molar-refractivity contribution in [1.29, 1.82) is 0 Å². The Balaban J connectivity index is 1.68. The van der Waals surface area contributed by atoms with Crippen molar-refractivity contribution in [3.8, 4) is 0 Å². The van der Waals surface area contributed by atoms with Crippen LogP contribution in [0.1, 0.15) is 51.8 Å². The van der Waals surface area contributed by atoms with Crippen molar-refractivity contribution in [1.82, 2.24) is 25.1 Å². The maximum absolute atomic E-state index is 12.9. The first kappa shape index (κ1) is 17.7. The van der Waals surface area contributed by atoms with Crippen molar-refractivity contribution in [3.63, 3.8) is 0 Å². The number of amides is 1. The van der Waals surface area contributed by atoms with Crippen molar-refractivity contribution in [2.45, 2.75) is 46.2 Å². The lowest BCUT2D eigenvalue weighted by Crippen LogP contribution is -2.28. The summed E-state index contributed by atoms with van der Waals surface area (Å²) in [6, 6.07) is 3.77. The van der Waals surface area contributed by atoms with Gasteiger partial charge in [0.15, 0.2) is 5.65 Å². The molecular weight excluding hydrogens is 366 g/mol. The van der Waals surface area contributed by atoms with E-state index in [2.05, 4.69) is 20.4 Å².